The largest absolute Gasteiger partial charge is 0.326 e. The van der Waals surface area contributed by atoms with E-state index in [-0.39, 0.29) is 11.3 Å². The van der Waals surface area contributed by atoms with Crippen LogP contribution in [0.1, 0.15) is 22.2 Å². The lowest BCUT2D eigenvalue weighted by Crippen LogP contribution is -2.03. The summed E-state index contributed by atoms with van der Waals surface area (Å²) in [5.41, 5.74) is 3.69. The van der Waals surface area contributed by atoms with E-state index in [4.69, 9.17) is 11.6 Å². The van der Waals surface area contributed by atoms with Gasteiger partial charge in [0.15, 0.2) is 0 Å². The van der Waals surface area contributed by atoms with Gasteiger partial charge in [0.05, 0.1) is 12.1 Å². The number of benzene rings is 1. The van der Waals surface area contributed by atoms with Crippen molar-refractivity contribution in [3.8, 4) is 0 Å². The number of rotatable bonds is 2. The second kappa shape index (κ2) is 3.89. The maximum atomic E-state index is 11.2. The van der Waals surface area contributed by atoms with Gasteiger partial charge in [-0.05, 0) is 23.3 Å². The molecule has 86 valence electrons. The number of nitrogens with zero attached hydrogens (tertiary/aromatic N) is 1. The third-order valence-electron chi connectivity index (χ3n) is 2.84. The zero-order valence-corrected chi connectivity index (χ0v) is 9.66. The number of aromatic nitrogens is 2. The van der Waals surface area contributed by atoms with E-state index in [2.05, 4.69) is 15.5 Å². The van der Waals surface area contributed by atoms with Crippen molar-refractivity contribution in [3.05, 3.63) is 47.3 Å². The summed E-state index contributed by atoms with van der Waals surface area (Å²) in [7, 11) is 0. The van der Waals surface area contributed by atoms with Crippen molar-refractivity contribution in [2.45, 2.75) is 11.8 Å². The Bertz CT molecular complexity index is 565. The minimum atomic E-state index is -0.265. The Morgan fingerprint density at radius 1 is 1.35 bits per heavy atom. The maximum absolute atomic E-state index is 11.2. The number of amides is 1. The summed E-state index contributed by atoms with van der Waals surface area (Å²) in [6.45, 7) is 0. The van der Waals surface area contributed by atoms with E-state index in [0.29, 0.717) is 6.42 Å². The second-order valence-electron chi connectivity index (χ2n) is 4.02. The average molecular weight is 248 g/mol. The quantitative estimate of drug-likeness (QED) is 0.800. The number of carbonyl (C=O) groups excluding carboxylic acids is 1. The molecule has 2 aromatic rings. The van der Waals surface area contributed by atoms with Gasteiger partial charge < -0.3 is 5.32 Å². The molecule has 0 radical (unpaired) electrons. The SMILES string of the molecule is O=C1Cc2cc(C(Cl)c3ccn[nH]3)ccc2N1. The fourth-order valence-corrected chi connectivity index (χ4v) is 2.25. The Balaban J connectivity index is 1.95. The Kier molecular flexibility index (Phi) is 2.37. The highest BCUT2D eigenvalue weighted by atomic mass is 35.5. The number of halogens is 1. The number of fused-ring (bicyclic) bond motifs is 1. The summed E-state index contributed by atoms with van der Waals surface area (Å²) in [4.78, 5) is 11.2. The number of anilines is 1. The van der Waals surface area contributed by atoms with Crippen molar-refractivity contribution in [2.24, 2.45) is 0 Å². The van der Waals surface area contributed by atoms with Gasteiger partial charge in [-0.3, -0.25) is 9.89 Å². The Hall–Kier alpha value is -1.81. The Labute approximate surface area is 103 Å². The first-order chi connectivity index (χ1) is 8.24. The van der Waals surface area contributed by atoms with E-state index in [1.807, 2.05) is 24.3 Å². The van der Waals surface area contributed by atoms with Crippen molar-refractivity contribution >= 4 is 23.2 Å². The van der Waals surface area contributed by atoms with Crippen LogP contribution < -0.4 is 5.32 Å². The van der Waals surface area contributed by atoms with Crippen LogP contribution in [-0.4, -0.2) is 16.1 Å². The summed E-state index contributed by atoms with van der Waals surface area (Å²) < 4.78 is 0. The predicted molar refractivity (Wildman–Crippen MR) is 65.1 cm³/mol. The molecule has 1 unspecified atom stereocenters. The molecule has 1 aliphatic heterocycles. The molecule has 2 heterocycles. The minimum absolute atomic E-state index is 0.0322. The van der Waals surface area contributed by atoms with Gasteiger partial charge in [-0.15, -0.1) is 11.6 Å². The number of aromatic amines is 1. The molecule has 4 nitrogen and oxygen atoms in total. The number of hydrogen-bond acceptors (Lipinski definition) is 2. The van der Waals surface area contributed by atoms with Crippen LogP contribution in [0.25, 0.3) is 0 Å². The molecule has 1 atom stereocenters. The minimum Gasteiger partial charge on any atom is -0.326 e. The molecule has 0 spiro atoms. The lowest BCUT2D eigenvalue weighted by molar-refractivity contribution is -0.115. The molecule has 0 fully saturated rings. The number of carbonyl (C=O) groups is 1. The van der Waals surface area contributed by atoms with Crippen LogP contribution in [0, 0.1) is 0 Å². The second-order valence-corrected chi connectivity index (χ2v) is 4.45. The highest BCUT2D eigenvalue weighted by Crippen LogP contribution is 2.31. The van der Waals surface area contributed by atoms with Gasteiger partial charge in [0.2, 0.25) is 5.91 Å². The molecule has 17 heavy (non-hydrogen) atoms. The van der Waals surface area contributed by atoms with Crippen molar-refractivity contribution in [3.63, 3.8) is 0 Å². The molecule has 1 aliphatic rings. The topological polar surface area (TPSA) is 57.8 Å². The van der Waals surface area contributed by atoms with Gasteiger partial charge in [-0.25, -0.2) is 0 Å². The van der Waals surface area contributed by atoms with E-state index in [0.717, 1.165) is 22.5 Å². The monoisotopic (exact) mass is 247 g/mol. The van der Waals surface area contributed by atoms with Crippen molar-refractivity contribution < 1.29 is 4.79 Å². The van der Waals surface area contributed by atoms with E-state index in [1.54, 1.807) is 6.20 Å². The molecule has 1 amide bonds. The smallest absolute Gasteiger partial charge is 0.228 e. The number of nitrogens with one attached hydrogen (secondary N) is 2. The van der Waals surface area contributed by atoms with Crippen molar-refractivity contribution in [2.75, 3.05) is 5.32 Å². The third kappa shape index (κ3) is 1.80. The van der Waals surface area contributed by atoms with E-state index < -0.39 is 0 Å². The predicted octanol–water partition coefficient (Wildman–Crippen LogP) is 2.23. The first-order valence-electron chi connectivity index (χ1n) is 5.30. The van der Waals surface area contributed by atoms with Crippen LogP contribution in [0.3, 0.4) is 0 Å². The van der Waals surface area contributed by atoms with Gasteiger partial charge in [-0.2, -0.15) is 5.10 Å². The fourth-order valence-electron chi connectivity index (χ4n) is 1.99. The van der Waals surface area contributed by atoms with Crippen molar-refractivity contribution in [1.29, 1.82) is 0 Å². The van der Waals surface area contributed by atoms with Crippen LogP contribution in [0.4, 0.5) is 5.69 Å². The highest BCUT2D eigenvalue weighted by molar-refractivity contribution is 6.22. The molecule has 0 saturated carbocycles. The number of alkyl halides is 1. The van der Waals surface area contributed by atoms with Crippen LogP contribution in [0.2, 0.25) is 0 Å². The summed E-state index contributed by atoms with van der Waals surface area (Å²) in [6.07, 6.45) is 2.10. The first kappa shape index (κ1) is 10.4. The first-order valence-corrected chi connectivity index (χ1v) is 5.74. The van der Waals surface area contributed by atoms with Gasteiger partial charge in [0.25, 0.3) is 0 Å². The molecule has 1 aromatic heterocycles. The molecule has 5 heteroatoms. The molecule has 0 bridgehead atoms. The molecule has 1 aromatic carbocycles. The summed E-state index contributed by atoms with van der Waals surface area (Å²) in [5.74, 6) is 0.0322. The summed E-state index contributed by atoms with van der Waals surface area (Å²) in [6, 6.07) is 7.62. The lowest BCUT2D eigenvalue weighted by Gasteiger charge is -2.09. The molecule has 3 rings (SSSR count). The van der Waals surface area contributed by atoms with E-state index in [1.165, 1.54) is 0 Å². The fraction of sp³-hybridized carbons (Fsp3) is 0.167. The third-order valence-corrected chi connectivity index (χ3v) is 3.33. The summed E-state index contributed by atoms with van der Waals surface area (Å²) >= 11 is 6.33. The van der Waals surface area contributed by atoms with Gasteiger partial charge >= 0.3 is 0 Å². The molecule has 0 aliphatic carbocycles. The lowest BCUT2D eigenvalue weighted by atomic mass is 10.0. The Morgan fingerprint density at radius 2 is 2.24 bits per heavy atom. The number of H-pyrrole nitrogens is 1. The molecular weight excluding hydrogens is 238 g/mol. The van der Waals surface area contributed by atoms with Crippen molar-refractivity contribution in [1.82, 2.24) is 10.2 Å². The van der Waals surface area contributed by atoms with Gasteiger partial charge in [0, 0.05) is 11.9 Å². The standard InChI is InChI=1S/C12H10ClN3O/c13-12(10-3-4-14-16-10)7-1-2-9-8(5-7)6-11(17)15-9/h1-5,12H,6H2,(H,14,16)(H,15,17). The van der Waals surface area contributed by atoms with Gasteiger partial charge in [-0.1, -0.05) is 12.1 Å². The van der Waals surface area contributed by atoms with Crippen LogP contribution in [0.15, 0.2) is 30.5 Å². The van der Waals surface area contributed by atoms with Crippen LogP contribution in [-0.2, 0) is 11.2 Å². The van der Waals surface area contributed by atoms with E-state index >= 15 is 0 Å². The van der Waals surface area contributed by atoms with Gasteiger partial charge in [0.1, 0.15) is 5.38 Å². The Morgan fingerprint density at radius 3 is 3.00 bits per heavy atom. The normalized spacial score (nSPS) is 15.5. The van der Waals surface area contributed by atoms with Crippen LogP contribution in [0.5, 0.6) is 0 Å². The average Bonchev–Trinajstić information content (AvgIpc) is 2.94. The maximum Gasteiger partial charge on any atom is 0.228 e. The highest BCUT2D eigenvalue weighted by Gasteiger charge is 2.20. The number of hydrogen-bond donors (Lipinski definition) is 2. The zero-order valence-electron chi connectivity index (χ0n) is 8.90. The molecule has 2 N–H and O–H groups in total. The molecular formula is C12H10ClN3O. The molecule has 0 saturated heterocycles. The zero-order chi connectivity index (χ0) is 11.8. The van der Waals surface area contributed by atoms with Crippen LogP contribution >= 0.6 is 11.6 Å². The summed E-state index contributed by atoms with van der Waals surface area (Å²) in [5, 5.41) is 9.26. The van der Waals surface area contributed by atoms with E-state index in [9.17, 15) is 4.79 Å².